The fraction of sp³-hybridized carbons (Fsp3) is 0.316. The van der Waals surface area contributed by atoms with Gasteiger partial charge in [0.15, 0.2) is 5.13 Å². The molecule has 1 saturated heterocycles. The lowest BCUT2D eigenvalue weighted by molar-refractivity contribution is 0.102. The molecule has 2 N–H and O–H groups in total. The summed E-state index contributed by atoms with van der Waals surface area (Å²) in [7, 11) is 0. The van der Waals surface area contributed by atoms with Gasteiger partial charge in [0.25, 0.3) is 5.91 Å². The molecule has 1 aliphatic rings. The Labute approximate surface area is 156 Å². The number of anilines is 1. The molecule has 26 heavy (non-hydrogen) atoms. The van der Waals surface area contributed by atoms with E-state index in [1.165, 1.54) is 16.9 Å². The number of carbonyl (C=O) groups excluding carboxylic acids is 1. The van der Waals surface area contributed by atoms with E-state index in [2.05, 4.69) is 30.8 Å². The van der Waals surface area contributed by atoms with Crippen molar-refractivity contribution in [3.05, 3.63) is 64.4 Å². The molecule has 0 saturated carbocycles. The van der Waals surface area contributed by atoms with E-state index in [-0.39, 0.29) is 5.91 Å². The summed E-state index contributed by atoms with van der Waals surface area (Å²) in [6.07, 6.45) is 6.05. The smallest absolute Gasteiger partial charge is 0.257 e. The highest BCUT2D eigenvalue weighted by atomic mass is 32.1. The molecule has 1 atom stereocenters. The number of aryl methyl sites for hydroxylation is 1. The Morgan fingerprint density at radius 2 is 2.23 bits per heavy atom. The molecule has 1 aromatic carbocycles. The van der Waals surface area contributed by atoms with Crippen LogP contribution >= 0.6 is 11.3 Å². The Kier molecular flexibility index (Phi) is 4.81. The predicted molar refractivity (Wildman–Crippen MR) is 102 cm³/mol. The first-order chi connectivity index (χ1) is 12.7. The largest absolute Gasteiger partial charge is 0.298 e. The molecule has 0 spiro atoms. The van der Waals surface area contributed by atoms with Crippen molar-refractivity contribution in [1.82, 2.24) is 20.1 Å². The van der Waals surface area contributed by atoms with Crippen LogP contribution in [0.2, 0.25) is 0 Å². The Hall–Kier alpha value is -2.51. The van der Waals surface area contributed by atoms with Crippen LogP contribution in [0.5, 0.6) is 0 Å². The van der Waals surface area contributed by atoms with E-state index in [1.54, 1.807) is 0 Å². The van der Waals surface area contributed by atoms with Crippen LogP contribution in [-0.4, -0.2) is 32.5 Å². The highest BCUT2D eigenvalue weighted by Gasteiger charge is 2.28. The molecule has 2 aromatic heterocycles. The number of aromatic amines is 1. The normalized spacial score (nSPS) is 17.5. The number of nitrogens with one attached hydrogen (secondary N) is 2. The summed E-state index contributed by atoms with van der Waals surface area (Å²) in [4.78, 5) is 19.5. The summed E-state index contributed by atoms with van der Waals surface area (Å²) in [6, 6.07) is 7.85. The Bertz CT molecular complexity index is 872. The van der Waals surface area contributed by atoms with Gasteiger partial charge in [0.1, 0.15) is 0 Å². The Balaban J connectivity index is 1.43. The second-order valence-electron chi connectivity index (χ2n) is 6.63. The van der Waals surface area contributed by atoms with Crippen LogP contribution in [0.25, 0.3) is 0 Å². The maximum atomic E-state index is 12.4. The van der Waals surface area contributed by atoms with Gasteiger partial charge >= 0.3 is 0 Å². The lowest BCUT2D eigenvalue weighted by atomic mass is 10.1. The highest BCUT2D eigenvalue weighted by molar-refractivity contribution is 7.14. The van der Waals surface area contributed by atoms with Gasteiger partial charge in [-0.15, -0.1) is 11.3 Å². The molecule has 4 rings (SSSR count). The summed E-state index contributed by atoms with van der Waals surface area (Å²) >= 11 is 1.48. The van der Waals surface area contributed by atoms with E-state index in [0.717, 1.165) is 37.2 Å². The number of benzene rings is 1. The number of rotatable bonds is 5. The highest BCUT2D eigenvalue weighted by Crippen LogP contribution is 2.34. The number of nitrogens with zero attached hydrogens (tertiary/aromatic N) is 3. The molecular formula is C19H21N5OS. The Morgan fingerprint density at radius 3 is 3.00 bits per heavy atom. The van der Waals surface area contributed by atoms with E-state index < -0.39 is 0 Å². The van der Waals surface area contributed by atoms with Gasteiger partial charge in [-0.05, 0) is 38.4 Å². The van der Waals surface area contributed by atoms with Gasteiger partial charge in [-0.25, -0.2) is 4.98 Å². The molecule has 3 aromatic rings. The monoisotopic (exact) mass is 367 g/mol. The molecule has 0 aliphatic carbocycles. The van der Waals surface area contributed by atoms with Gasteiger partial charge in [-0.1, -0.05) is 17.7 Å². The zero-order valence-electron chi connectivity index (χ0n) is 14.6. The molecule has 6 nitrogen and oxygen atoms in total. The minimum absolute atomic E-state index is 0.118. The molecule has 134 valence electrons. The van der Waals surface area contributed by atoms with E-state index in [0.29, 0.717) is 16.7 Å². The third-order valence-electron chi connectivity index (χ3n) is 4.70. The zero-order chi connectivity index (χ0) is 17.9. The van der Waals surface area contributed by atoms with Crippen LogP contribution in [0.3, 0.4) is 0 Å². The van der Waals surface area contributed by atoms with Crippen molar-refractivity contribution in [2.45, 2.75) is 32.4 Å². The summed E-state index contributed by atoms with van der Waals surface area (Å²) in [5.74, 6) is -0.118. The lowest BCUT2D eigenvalue weighted by Crippen LogP contribution is -2.22. The predicted octanol–water partition coefficient (Wildman–Crippen LogP) is 3.76. The number of likely N-dealkylation sites (tertiary alicyclic amines) is 1. The van der Waals surface area contributed by atoms with Crippen molar-refractivity contribution in [1.29, 1.82) is 0 Å². The number of thiazole rings is 1. The fourth-order valence-electron chi connectivity index (χ4n) is 3.32. The molecule has 1 fully saturated rings. The molecule has 7 heteroatoms. The van der Waals surface area contributed by atoms with Gasteiger partial charge in [-0.3, -0.25) is 20.1 Å². The number of amides is 1. The first kappa shape index (κ1) is 16.9. The topological polar surface area (TPSA) is 73.9 Å². The van der Waals surface area contributed by atoms with Gasteiger partial charge in [0, 0.05) is 29.2 Å². The van der Waals surface area contributed by atoms with Gasteiger partial charge < -0.3 is 0 Å². The average Bonchev–Trinajstić information content (AvgIpc) is 3.38. The molecule has 1 aliphatic heterocycles. The number of carbonyl (C=O) groups is 1. The molecule has 0 unspecified atom stereocenters. The van der Waals surface area contributed by atoms with Crippen molar-refractivity contribution >= 4 is 22.4 Å². The lowest BCUT2D eigenvalue weighted by Gasteiger charge is -2.22. The fourth-order valence-corrected chi connectivity index (χ4v) is 4.07. The number of aromatic nitrogens is 3. The molecule has 0 radical (unpaired) electrons. The van der Waals surface area contributed by atoms with Crippen LogP contribution in [-0.2, 0) is 6.54 Å². The van der Waals surface area contributed by atoms with Crippen molar-refractivity contribution in [3.63, 3.8) is 0 Å². The second kappa shape index (κ2) is 7.39. The number of hydrogen-bond acceptors (Lipinski definition) is 5. The maximum Gasteiger partial charge on any atom is 0.257 e. The maximum absolute atomic E-state index is 12.4. The number of H-pyrrole nitrogens is 1. The third kappa shape index (κ3) is 3.68. The summed E-state index contributed by atoms with van der Waals surface area (Å²) in [6.45, 7) is 3.92. The van der Waals surface area contributed by atoms with Crippen LogP contribution in [0, 0.1) is 6.92 Å². The average molecular weight is 367 g/mol. The van der Waals surface area contributed by atoms with Crippen LogP contribution < -0.4 is 5.32 Å². The standard InChI is InChI=1S/C19H21N5OS/c1-13-4-6-15(7-5-13)18(25)23-19-22-16(12-26-19)17-3-2-8-24(17)11-14-9-20-21-10-14/h4-7,9-10,12,17H,2-3,8,11H2,1H3,(H,20,21)(H,22,23,25)/t17-/m1/s1. The summed E-state index contributed by atoms with van der Waals surface area (Å²) in [5, 5.41) is 12.5. The SMILES string of the molecule is Cc1ccc(C(=O)Nc2nc([C@H]3CCCN3Cc3cn[nH]c3)cs2)cc1. The van der Waals surface area contributed by atoms with Gasteiger partial charge in [-0.2, -0.15) is 5.10 Å². The van der Waals surface area contributed by atoms with E-state index >= 15 is 0 Å². The minimum atomic E-state index is -0.118. The minimum Gasteiger partial charge on any atom is -0.298 e. The third-order valence-corrected chi connectivity index (χ3v) is 5.48. The summed E-state index contributed by atoms with van der Waals surface area (Å²) in [5.41, 5.74) is 4.00. The quantitative estimate of drug-likeness (QED) is 0.720. The molecule has 0 bridgehead atoms. The van der Waals surface area contributed by atoms with Crippen LogP contribution in [0.15, 0.2) is 42.0 Å². The van der Waals surface area contributed by atoms with Crippen LogP contribution in [0.4, 0.5) is 5.13 Å². The van der Waals surface area contributed by atoms with Crippen molar-refractivity contribution in [3.8, 4) is 0 Å². The molecular weight excluding hydrogens is 346 g/mol. The Morgan fingerprint density at radius 1 is 1.38 bits per heavy atom. The van der Waals surface area contributed by atoms with Crippen molar-refractivity contribution in [2.24, 2.45) is 0 Å². The molecule has 1 amide bonds. The first-order valence-corrected chi connectivity index (χ1v) is 9.62. The van der Waals surface area contributed by atoms with E-state index in [9.17, 15) is 4.79 Å². The zero-order valence-corrected chi connectivity index (χ0v) is 15.4. The van der Waals surface area contributed by atoms with Gasteiger partial charge in [0.2, 0.25) is 0 Å². The van der Waals surface area contributed by atoms with Crippen molar-refractivity contribution < 1.29 is 4.79 Å². The van der Waals surface area contributed by atoms with Gasteiger partial charge in [0.05, 0.1) is 17.9 Å². The van der Waals surface area contributed by atoms with Crippen LogP contribution in [0.1, 0.15) is 46.1 Å². The first-order valence-electron chi connectivity index (χ1n) is 8.74. The molecule has 3 heterocycles. The number of hydrogen-bond donors (Lipinski definition) is 2. The van der Waals surface area contributed by atoms with E-state index in [4.69, 9.17) is 0 Å². The second-order valence-corrected chi connectivity index (χ2v) is 7.49. The van der Waals surface area contributed by atoms with Crippen molar-refractivity contribution in [2.75, 3.05) is 11.9 Å². The summed E-state index contributed by atoms with van der Waals surface area (Å²) < 4.78 is 0. The van der Waals surface area contributed by atoms with E-state index in [1.807, 2.05) is 43.6 Å².